The number of nitriles is 1. The lowest BCUT2D eigenvalue weighted by molar-refractivity contribution is 0.379. The Hall–Kier alpha value is -2.88. The van der Waals surface area contributed by atoms with Crippen molar-refractivity contribution in [2.45, 2.75) is 6.54 Å². The molecule has 96 valence electrons. The second kappa shape index (κ2) is 5.64. The molecule has 0 aliphatic carbocycles. The second-order valence-electron chi connectivity index (χ2n) is 3.67. The lowest BCUT2D eigenvalue weighted by atomic mass is 10.1. The van der Waals surface area contributed by atoms with Crippen LogP contribution >= 0.6 is 0 Å². The van der Waals surface area contributed by atoms with E-state index in [4.69, 9.17) is 15.7 Å². The van der Waals surface area contributed by atoms with E-state index in [9.17, 15) is 0 Å². The molecule has 0 amide bonds. The van der Waals surface area contributed by atoms with Crippen LogP contribution in [0, 0.1) is 11.3 Å². The third kappa shape index (κ3) is 3.29. The van der Waals surface area contributed by atoms with Crippen LogP contribution in [0.4, 0.5) is 11.9 Å². The van der Waals surface area contributed by atoms with E-state index in [1.807, 2.05) is 12.1 Å². The standard InChI is InChI=1S/C12H12N6O/c1-19-12-17-10(14)16-11(18-12)15-7-9-4-2-8(6-13)3-5-9/h2-5H,7H2,1H3,(H3,14,15,16,17,18). The molecule has 0 fully saturated rings. The first-order chi connectivity index (χ1) is 9.21. The van der Waals surface area contributed by atoms with Crippen molar-refractivity contribution in [2.24, 2.45) is 0 Å². The van der Waals surface area contributed by atoms with Gasteiger partial charge in [-0.25, -0.2) is 0 Å². The number of nitrogens with one attached hydrogen (secondary N) is 1. The summed E-state index contributed by atoms with van der Waals surface area (Å²) in [5.74, 6) is 0.433. The van der Waals surface area contributed by atoms with Gasteiger partial charge in [-0.3, -0.25) is 0 Å². The molecular weight excluding hydrogens is 244 g/mol. The molecule has 2 aromatic rings. The van der Waals surface area contributed by atoms with Gasteiger partial charge in [0.1, 0.15) is 0 Å². The maximum Gasteiger partial charge on any atom is 0.322 e. The topological polar surface area (TPSA) is 110 Å². The third-order valence-corrected chi connectivity index (χ3v) is 2.35. The van der Waals surface area contributed by atoms with Crippen molar-refractivity contribution in [3.63, 3.8) is 0 Å². The predicted molar refractivity (Wildman–Crippen MR) is 69.3 cm³/mol. The fourth-order valence-electron chi connectivity index (χ4n) is 1.42. The molecule has 1 aromatic heterocycles. The molecule has 19 heavy (non-hydrogen) atoms. The maximum atomic E-state index is 8.70. The maximum absolute atomic E-state index is 8.70. The number of nitrogens with zero attached hydrogens (tertiary/aromatic N) is 4. The molecule has 1 heterocycles. The van der Waals surface area contributed by atoms with Gasteiger partial charge in [0, 0.05) is 6.54 Å². The van der Waals surface area contributed by atoms with Gasteiger partial charge in [0.2, 0.25) is 11.9 Å². The number of aromatic nitrogens is 3. The number of hydrogen-bond donors (Lipinski definition) is 2. The minimum Gasteiger partial charge on any atom is -0.467 e. The van der Waals surface area contributed by atoms with Crippen molar-refractivity contribution in [1.29, 1.82) is 5.26 Å². The molecule has 0 aliphatic rings. The number of hydrogen-bond acceptors (Lipinski definition) is 7. The molecule has 0 bridgehead atoms. The van der Waals surface area contributed by atoms with Crippen LogP contribution in [0.3, 0.4) is 0 Å². The van der Waals surface area contributed by atoms with E-state index in [2.05, 4.69) is 26.3 Å². The number of anilines is 2. The van der Waals surface area contributed by atoms with Crippen molar-refractivity contribution in [2.75, 3.05) is 18.2 Å². The lowest BCUT2D eigenvalue weighted by Crippen LogP contribution is -2.08. The molecule has 3 N–H and O–H groups in total. The van der Waals surface area contributed by atoms with Crippen LogP contribution < -0.4 is 15.8 Å². The van der Waals surface area contributed by atoms with Crippen LogP contribution in [-0.2, 0) is 6.54 Å². The van der Waals surface area contributed by atoms with Crippen LogP contribution in [0.15, 0.2) is 24.3 Å². The Balaban J connectivity index is 2.05. The summed E-state index contributed by atoms with van der Waals surface area (Å²) in [5, 5.41) is 11.7. The Morgan fingerprint density at radius 1 is 1.26 bits per heavy atom. The zero-order chi connectivity index (χ0) is 13.7. The first-order valence-corrected chi connectivity index (χ1v) is 5.49. The molecule has 0 saturated carbocycles. The molecule has 1 aromatic carbocycles. The molecular formula is C12H12N6O. The Morgan fingerprint density at radius 3 is 2.63 bits per heavy atom. The molecule has 7 nitrogen and oxygen atoms in total. The van der Waals surface area contributed by atoms with E-state index in [0.29, 0.717) is 18.1 Å². The summed E-state index contributed by atoms with van der Waals surface area (Å²) in [6.07, 6.45) is 0. The van der Waals surface area contributed by atoms with Gasteiger partial charge in [-0.05, 0) is 17.7 Å². The number of nitrogens with two attached hydrogens (primary N) is 1. The van der Waals surface area contributed by atoms with Gasteiger partial charge in [0.25, 0.3) is 0 Å². The van der Waals surface area contributed by atoms with Gasteiger partial charge in [0.05, 0.1) is 18.7 Å². The van der Waals surface area contributed by atoms with Gasteiger partial charge >= 0.3 is 6.01 Å². The van der Waals surface area contributed by atoms with Crippen LogP contribution in [0.25, 0.3) is 0 Å². The smallest absolute Gasteiger partial charge is 0.322 e. The first kappa shape index (κ1) is 12.6. The van der Waals surface area contributed by atoms with Crippen molar-refractivity contribution in [3.05, 3.63) is 35.4 Å². The zero-order valence-corrected chi connectivity index (χ0v) is 10.3. The normalized spacial score (nSPS) is 9.68. The number of methoxy groups -OCH3 is 1. The minimum absolute atomic E-state index is 0.0918. The molecule has 2 rings (SSSR count). The fourth-order valence-corrected chi connectivity index (χ4v) is 1.42. The molecule has 0 aliphatic heterocycles. The lowest BCUT2D eigenvalue weighted by Gasteiger charge is -2.06. The van der Waals surface area contributed by atoms with Crippen LogP contribution in [0.2, 0.25) is 0 Å². The van der Waals surface area contributed by atoms with Crippen LogP contribution in [-0.4, -0.2) is 22.1 Å². The highest BCUT2D eigenvalue weighted by atomic mass is 16.5. The zero-order valence-electron chi connectivity index (χ0n) is 10.3. The van der Waals surface area contributed by atoms with E-state index < -0.39 is 0 Å². The Bertz CT molecular complexity index is 605. The number of benzene rings is 1. The third-order valence-electron chi connectivity index (χ3n) is 2.35. The molecule has 7 heteroatoms. The summed E-state index contributed by atoms with van der Waals surface area (Å²) in [6.45, 7) is 0.512. The van der Waals surface area contributed by atoms with E-state index >= 15 is 0 Å². The van der Waals surface area contributed by atoms with Gasteiger partial charge in [-0.1, -0.05) is 12.1 Å². The van der Waals surface area contributed by atoms with E-state index in [1.165, 1.54) is 7.11 Å². The number of rotatable bonds is 4. The van der Waals surface area contributed by atoms with Crippen LogP contribution in [0.5, 0.6) is 6.01 Å². The van der Waals surface area contributed by atoms with Crippen molar-refractivity contribution in [3.8, 4) is 12.1 Å². The highest BCUT2D eigenvalue weighted by Crippen LogP contribution is 2.10. The summed E-state index contributed by atoms with van der Waals surface area (Å²) in [7, 11) is 1.46. The van der Waals surface area contributed by atoms with E-state index in [-0.39, 0.29) is 12.0 Å². The quantitative estimate of drug-likeness (QED) is 0.837. The van der Waals surface area contributed by atoms with Gasteiger partial charge in [0.15, 0.2) is 0 Å². The predicted octanol–water partition coefficient (Wildman–Crippen LogP) is 0.946. The van der Waals surface area contributed by atoms with Crippen molar-refractivity contribution >= 4 is 11.9 Å². The fraction of sp³-hybridized carbons (Fsp3) is 0.167. The van der Waals surface area contributed by atoms with E-state index in [1.54, 1.807) is 12.1 Å². The molecule has 0 atom stereocenters. The monoisotopic (exact) mass is 256 g/mol. The average molecular weight is 256 g/mol. The Kier molecular flexibility index (Phi) is 3.73. The Morgan fingerprint density at radius 2 is 2.00 bits per heavy atom. The SMILES string of the molecule is COc1nc(N)nc(NCc2ccc(C#N)cc2)n1. The molecule has 0 spiro atoms. The summed E-state index contributed by atoms with van der Waals surface area (Å²) in [4.78, 5) is 11.7. The van der Waals surface area contributed by atoms with E-state index in [0.717, 1.165) is 5.56 Å². The first-order valence-electron chi connectivity index (χ1n) is 5.49. The molecule has 0 radical (unpaired) electrons. The van der Waals surface area contributed by atoms with Crippen LogP contribution in [0.1, 0.15) is 11.1 Å². The second-order valence-corrected chi connectivity index (χ2v) is 3.67. The number of nitrogen functional groups attached to an aromatic ring is 1. The summed E-state index contributed by atoms with van der Waals surface area (Å²) < 4.78 is 4.90. The highest BCUT2D eigenvalue weighted by Gasteiger charge is 2.04. The molecule has 0 unspecified atom stereocenters. The average Bonchev–Trinajstić information content (AvgIpc) is 2.45. The summed E-state index contributed by atoms with van der Waals surface area (Å²) >= 11 is 0. The minimum atomic E-state index is 0.0918. The van der Waals surface area contributed by atoms with Gasteiger partial charge in [-0.2, -0.15) is 20.2 Å². The van der Waals surface area contributed by atoms with Gasteiger partial charge in [-0.15, -0.1) is 0 Å². The number of ether oxygens (including phenoxy) is 1. The van der Waals surface area contributed by atoms with Gasteiger partial charge < -0.3 is 15.8 Å². The van der Waals surface area contributed by atoms with Crippen molar-refractivity contribution < 1.29 is 4.74 Å². The largest absolute Gasteiger partial charge is 0.467 e. The van der Waals surface area contributed by atoms with Crippen molar-refractivity contribution in [1.82, 2.24) is 15.0 Å². The molecule has 0 saturated heterocycles. The summed E-state index contributed by atoms with van der Waals surface area (Å²) in [6, 6.07) is 9.43. The Labute approximate surface area is 110 Å². The highest BCUT2D eigenvalue weighted by molar-refractivity contribution is 5.36. The summed E-state index contributed by atoms with van der Waals surface area (Å²) in [5.41, 5.74) is 7.14.